The number of rotatable bonds is 7. The maximum Gasteiger partial charge on any atom is 0.244 e. The molecule has 2 aromatic rings. The molecule has 1 unspecified atom stereocenters. The molecule has 1 atom stereocenters. The van der Waals surface area contributed by atoms with Gasteiger partial charge in [-0.15, -0.1) is 0 Å². The Morgan fingerprint density at radius 2 is 2.00 bits per heavy atom. The Bertz CT molecular complexity index is 758. The Morgan fingerprint density at radius 3 is 2.68 bits per heavy atom. The van der Waals surface area contributed by atoms with Crippen molar-refractivity contribution in [1.82, 2.24) is 5.32 Å². The average molecular weight is 360 g/mol. The Morgan fingerprint density at radius 1 is 1.24 bits per heavy atom. The van der Waals surface area contributed by atoms with E-state index in [0.29, 0.717) is 23.1 Å². The lowest BCUT2D eigenvalue weighted by Crippen LogP contribution is -2.24. The van der Waals surface area contributed by atoms with Crippen molar-refractivity contribution in [3.63, 3.8) is 0 Å². The summed E-state index contributed by atoms with van der Waals surface area (Å²) >= 11 is 6.15. The molecule has 2 rings (SSSR count). The minimum atomic E-state index is -0.194. The summed E-state index contributed by atoms with van der Waals surface area (Å²) in [6.45, 7) is 4.37. The van der Waals surface area contributed by atoms with E-state index in [4.69, 9.17) is 21.1 Å². The van der Waals surface area contributed by atoms with Crippen LogP contribution >= 0.6 is 11.6 Å². The number of hydrogen-bond acceptors (Lipinski definition) is 3. The van der Waals surface area contributed by atoms with Gasteiger partial charge in [0.25, 0.3) is 0 Å². The Labute approximate surface area is 153 Å². The van der Waals surface area contributed by atoms with Crippen LogP contribution in [0.15, 0.2) is 48.5 Å². The van der Waals surface area contributed by atoms with Gasteiger partial charge in [-0.2, -0.15) is 0 Å². The number of carbonyl (C=O) groups excluding carboxylic acids is 1. The molecule has 0 aliphatic heterocycles. The lowest BCUT2D eigenvalue weighted by Gasteiger charge is -2.14. The molecule has 0 aliphatic carbocycles. The van der Waals surface area contributed by atoms with E-state index in [0.717, 1.165) is 11.1 Å². The first kappa shape index (κ1) is 18.9. The van der Waals surface area contributed by atoms with Crippen LogP contribution < -0.4 is 14.8 Å². The largest absolute Gasteiger partial charge is 0.493 e. The molecular formula is C20H22ClNO3. The minimum absolute atomic E-state index is 0.180. The smallest absolute Gasteiger partial charge is 0.244 e. The van der Waals surface area contributed by atoms with Crippen molar-refractivity contribution in [2.24, 2.45) is 0 Å². The number of nitrogens with one attached hydrogen (secondary N) is 1. The van der Waals surface area contributed by atoms with Crippen molar-refractivity contribution in [3.8, 4) is 11.5 Å². The number of benzene rings is 2. The van der Waals surface area contributed by atoms with Crippen molar-refractivity contribution in [3.05, 3.63) is 64.7 Å². The van der Waals surface area contributed by atoms with E-state index in [-0.39, 0.29) is 11.9 Å². The quantitative estimate of drug-likeness (QED) is 0.733. The highest BCUT2D eigenvalue weighted by atomic mass is 35.5. The molecule has 5 heteroatoms. The van der Waals surface area contributed by atoms with Crippen LogP contribution in [0.2, 0.25) is 5.02 Å². The van der Waals surface area contributed by atoms with E-state index < -0.39 is 0 Å². The van der Waals surface area contributed by atoms with Gasteiger partial charge < -0.3 is 14.8 Å². The number of hydrogen-bond donors (Lipinski definition) is 1. The number of carbonyl (C=O) groups is 1. The molecule has 0 saturated heterocycles. The molecule has 0 saturated carbocycles. The maximum absolute atomic E-state index is 12.1. The fraction of sp³-hybridized carbons (Fsp3) is 0.250. The minimum Gasteiger partial charge on any atom is -0.493 e. The molecule has 0 aromatic heterocycles. The topological polar surface area (TPSA) is 47.6 Å². The Hall–Kier alpha value is -2.46. The van der Waals surface area contributed by atoms with Gasteiger partial charge >= 0.3 is 0 Å². The molecule has 2 aromatic carbocycles. The van der Waals surface area contributed by atoms with Crippen LogP contribution in [0.5, 0.6) is 11.5 Å². The van der Waals surface area contributed by atoms with E-state index >= 15 is 0 Å². The van der Waals surface area contributed by atoms with Crippen LogP contribution in [-0.2, 0) is 4.79 Å². The Balaban J connectivity index is 2.03. The zero-order chi connectivity index (χ0) is 18.2. The zero-order valence-corrected chi connectivity index (χ0v) is 15.3. The fourth-order valence-corrected chi connectivity index (χ4v) is 2.70. The molecule has 25 heavy (non-hydrogen) atoms. The highest BCUT2D eigenvalue weighted by Gasteiger charge is 2.10. The summed E-state index contributed by atoms with van der Waals surface area (Å²) in [5.41, 5.74) is 1.73. The SMILES string of the molecule is CCOc1ccc(C=CC(=O)NC(C)c2ccccc2Cl)cc1OC. The van der Waals surface area contributed by atoms with Crippen molar-refractivity contribution >= 4 is 23.6 Å². The predicted octanol–water partition coefficient (Wildman–Crippen LogP) is 4.64. The van der Waals surface area contributed by atoms with Gasteiger partial charge in [0.05, 0.1) is 19.8 Å². The summed E-state index contributed by atoms with van der Waals surface area (Å²) in [4.78, 5) is 12.1. The van der Waals surface area contributed by atoms with E-state index in [1.807, 2.05) is 56.3 Å². The molecule has 0 radical (unpaired) electrons. The van der Waals surface area contributed by atoms with Crippen molar-refractivity contribution in [2.45, 2.75) is 19.9 Å². The summed E-state index contributed by atoms with van der Waals surface area (Å²) in [5, 5.41) is 3.54. The van der Waals surface area contributed by atoms with Crippen LogP contribution in [-0.4, -0.2) is 19.6 Å². The van der Waals surface area contributed by atoms with Gasteiger partial charge in [-0.05, 0) is 49.2 Å². The molecule has 0 fully saturated rings. The summed E-state index contributed by atoms with van der Waals surface area (Å²) in [5.74, 6) is 1.12. The summed E-state index contributed by atoms with van der Waals surface area (Å²) in [6.07, 6.45) is 3.22. The molecule has 0 aliphatic rings. The second kappa shape index (κ2) is 9.14. The van der Waals surface area contributed by atoms with Gasteiger partial charge in [-0.25, -0.2) is 0 Å². The van der Waals surface area contributed by atoms with Crippen molar-refractivity contribution in [1.29, 1.82) is 0 Å². The average Bonchev–Trinajstić information content (AvgIpc) is 2.61. The fourth-order valence-electron chi connectivity index (χ4n) is 2.40. The number of amides is 1. The predicted molar refractivity (Wildman–Crippen MR) is 101 cm³/mol. The third kappa shape index (κ3) is 5.26. The first-order chi connectivity index (χ1) is 12.0. The normalized spacial score (nSPS) is 12.0. The van der Waals surface area contributed by atoms with E-state index in [9.17, 15) is 4.79 Å². The third-order valence-corrected chi connectivity index (χ3v) is 3.99. The van der Waals surface area contributed by atoms with Crippen LogP contribution in [0, 0.1) is 0 Å². The molecule has 0 heterocycles. The summed E-state index contributed by atoms with van der Waals surface area (Å²) in [7, 11) is 1.59. The molecular weight excluding hydrogens is 338 g/mol. The van der Waals surface area contributed by atoms with Gasteiger partial charge in [0.2, 0.25) is 5.91 Å². The van der Waals surface area contributed by atoms with E-state index in [1.165, 1.54) is 6.08 Å². The van der Waals surface area contributed by atoms with E-state index in [1.54, 1.807) is 13.2 Å². The molecule has 132 valence electrons. The zero-order valence-electron chi connectivity index (χ0n) is 14.6. The lowest BCUT2D eigenvalue weighted by atomic mass is 10.1. The first-order valence-electron chi connectivity index (χ1n) is 8.09. The second-order valence-electron chi connectivity index (χ2n) is 5.43. The molecule has 4 nitrogen and oxygen atoms in total. The highest BCUT2D eigenvalue weighted by molar-refractivity contribution is 6.31. The van der Waals surface area contributed by atoms with Crippen molar-refractivity contribution < 1.29 is 14.3 Å². The summed E-state index contributed by atoms with van der Waals surface area (Å²) < 4.78 is 10.8. The monoisotopic (exact) mass is 359 g/mol. The van der Waals surface area contributed by atoms with Crippen LogP contribution in [0.4, 0.5) is 0 Å². The molecule has 0 bridgehead atoms. The van der Waals surface area contributed by atoms with Gasteiger partial charge in [0.15, 0.2) is 11.5 Å². The van der Waals surface area contributed by atoms with Gasteiger partial charge in [0, 0.05) is 11.1 Å². The molecule has 1 amide bonds. The number of halogens is 1. The van der Waals surface area contributed by atoms with Gasteiger partial charge in [0.1, 0.15) is 0 Å². The second-order valence-corrected chi connectivity index (χ2v) is 5.84. The molecule has 0 spiro atoms. The number of ether oxygens (including phenoxy) is 2. The van der Waals surface area contributed by atoms with Gasteiger partial charge in [-0.3, -0.25) is 4.79 Å². The van der Waals surface area contributed by atoms with Gasteiger partial charge in [-0.1, -0.05) is 35.9 Å². The third-order valence-electron chi connectivity index (χ3n) is 3.65. The first-order valence-corrected chi connectivity index (χ1v) is 8.46. The number of methoxy groups -OCH3 is 1. The van der Waals surface area contributed by atoms with Crippen LogP contribution in [0.3, 0.4) is 0 Å². The molecule has 1 N–H and O–H groups in total. The summed E-state index contributed by atoms with van der Waals surface area (Å²) in [6, 6.07) is 12.8. The maximum atomic E-state index is 12.1. The van der Waals surface area contributed by atoms with E-state index in [2.05, 4.69) is 5.32 Å². The van der Waals surface area contributed by atoms with Crippen LogP contribution in [0.25, 0.3) is 6.08 Å². The van der Waals surface area contributed by atoms with Crippen LogP contribution in [0.1, 0.15) is 31.0 Å². The van der Waals surface area contributed by atoms with Crippen molar-refractivity contribution in [2.75, 3.05) is 13.7 Å². The Kier molecular flexibility index (Phi) is 6.90. The lowest BCUT2D eigenvalue weighted by molar-refractivity contribution is -0.117. The highest BCUT2D eigenvalue weighted by Crippen LogP contribution is 2.28. The standard InChI is InChI=1S/C20H22ClNO3/c1-4-25-18-11-9-15(13-19(18)24-3)10-12-20(23)22-14(2)16-7-5-6-8-17(16)21/h5-14H,4H2,1-3H3,(H,22,23).